The van der Waals surface area contributed by atoms with E-state index >= 15 is 0 Å². The highest BCUT2D eigenvalue weighted by Gasteiger charge is 2.52. The number of hydrogen-bond donors (Lipinski definition) is 1. The summed E-state index contributed by atoms with van der Waals surface area (Å²) in [6.07, 6.45) is 2.95. The van der Waals surface area contributed by atoms with E-state index in [1.54, 1.807) is 0 Å². The van der Waals surface area contributed by atoms with Crippen molar-refractivity contribution in [1.29, 1.82) is 0 Å². The Labute approximate surface area is 204 Å². The molecular formula is C27H42N2O5. The van der Waals surface area contributed by atoms with Crippen molar-refractivity contribution in [3.05, 3.63) is 35.9 Å². The lowest BCUT2D eigenvalue weighted by atomic mass is 9.85. The number of amides is 1. The highest BCUT2D eigenvalue weighted by Crippen LogP contribution is 2.37. The van der Waals surface area contributed by atoms with Crippen molar-refractivity contribution in [3.8, 4) is 0 Å². The summed E-state index contributed by atoms with van der Waals surface area (Å²) in [6.45, 7) is 11.7. The predicted molar refractivity (Wildman–Crippen MR) is 132 cm³/mol. The van der Waals surface area contributed by atoms with Crippen molar-refractivity contribution in [2.75, 3.05) is 7.11 Å². The predicted octanol–water partition coefficient (Wildman–Crippen LogP) is 4.09. The monoisotopic (exact) mass is 474 g/mol. The Morgan fingerprint density at radius 1 is 1.09 bits per heavy atom. The quantitative estimate of drug-likeness (QED) is 0.514. The molecule has 0 bridgehead atoms. The molecule has 0 spiro atoms. The smallest absolute Gasteiger partial charge is 0.323 e. The van der Waals surface area contributed by atoms with E-state index in [-0.39, 0.29) is 30.3 Å². The van der Waals surface area contributed by atoms with Crippen LogP contribution < -0.4 is 5.32 Å². The number of nitrogens with zero attached hydrogens (tertiary/aromatic N) is 1. The highest BCUT2D eigenvalue weighted by atomic mass is 16.6. The van der Waals surface area contributed by atoms with Gasteiger partial charge >= 0.3 is 11.9 Å². The maximum Gasteiger partial charge on any atom is 0.323 e. The van der Waals surface area contributed by atoms with E-state index in [2.05, 4.69) is 19.2 Å². The number of esters is 2. The summed E-state index contributed by atoms with van der Waals surface area (Å²) in [5, 5.41) is 3.11. The standard InChI is InChI=1S/C27H42N2O5/c1-8-19(9-2)15-22(28-18(3)30)24-21(25(31)33-7)16-23(26(32)34-27(4,5)6)29(24)17-20-13-11-10-12-14-20/h10-14,19,21-24H,8-9,15-17H2,1-7H3,(H,28,30)/t21-,22+,23-,24-/m1/s1. The lowest BCUT2D eigenvalue weighted by Gasteiger charge is -2.38. The Morgan fingerprint density at radius 2 is 1.71 bits per heavy atom. The summed E-state index contributed by atoms with van der Waals surface area (Å²) < 4.78 is 10.9. The van der Waals surface area contributed by atoms with Gasteiger partial charge in [0.05, 0.1) is 13.0 Å². The van der Waals surface area contributed by atoms with Crippen molar-refractivity contribution < 1.29 is 23.9 Å². The molecule has 0 radical (unpaired) electrons. The van der Waals surface area contributed by atoms with E-state index in [1.165, 1.54) is 14.0 Å². The van der Waals surface area contributed by atoms with Gasteiger partial charge in [-0.25, -0.2) is 0 Å². The Morgan fingerprint density at radius 3 is 2.21 bits per heavy atom. The number of benzene rings is 1. The van der Waals surface area contributed by atoms with Crippen LogP contribution in [-0.2, 0) is 30.4 Å². The van der Waals surface area contributed by atoms with Gasteiger partial charge in [0.1, 0.15) is 11.6 Å². The first kappa shape index (κ1) is 27.8. The first-order valence-electron chi connectivity index (χ1n) is 12.4. The van der Waals surface area contributed by atoms with Crippen molar-refractivity contribution in [1.82, 2.24) is 10.2 Å². The van der Waals surface area contributed by atoms with Gasteiger partial charge in [-0.1, -0.05) is 57.0 Å². The Hall–Kier alpha value is -2.41. The normalized spacial score (nSPS) is 21.8. The Kier molecular flexibility index (Phi) is 10.1. The average molecular weight is 475 g/mol. The summed E-state index contributed by atoms with van der Waals surface area (Å²) in [4.78, 5) is 40.6. The molecule has 1 N–H and O–H groups in total. The molecule has 1 aromatic carbocycles. The number of carbonyl (C=O) groups excluding carboxylic acids is 3. The summed E-state index contributed by atoms with van der Waals surface area (Å²) in [5.41, 5.74) is 0.372. The van der Waals surface area contributed by atoms with Gasteiger partial charge in [0.15, 0.2) is 0 Å². The molecule has 7 heteroatoms. The Balaban J connectivity index is 2.55. The van der Waals surface area contributed by atoms with Crippen LogP contribution >= 0.6 is 0 Å². The van der Waals surface area contributed by atoms with Gasteiger partial charge in [-0.05, 0) is 45.1 Å². The second kappa shape index (κ2) is 12.3. The van der Waals surface area contributed by atoms with Crippen LogP contribution in [0.5, 0.6) is 0 Å². The molecular weight excluding hydrogens is 432 g/mol. The minimum Gasteiger partial charge on any atom is -0.469 e. The second-order valence-corrected chi connectivity index (χ2v) is 10.3. The molecule has 190 valence electrons. The van der Waals surface area contributed by atoms with Crippen molar-refractivity contribution in [2.45, 2.75) is 97.5 Å². The highest BCUT2D eigenvalue weighted by molar-refractivity contribution is 5.81. The molecule has 0 saturated carbocycles. The van der Waals surface area contributed by atoms with Crippen molar-refractivity contribution >= 4 is 17.8 Å². The lowest BCUT2D eigenvalue weighted by molar-refractivity contribution is -0.161. The fourth-order valence-electron chi connectivity index (χ4n) is 4.99. The second-order valence-electron chi connectivity index (χ2n) is 10.3. The van der Waals surface area contributed by atoms with Gasteiger partial charge in [-0.15, -0.1) is 0 Å². The third-order valence-electron chi connectivity index (χ3n) is 6.61. The number of ether oxygens (including phenoxy) is 2. The van der Waals surface area contributed by atoms with Crippen LogP contribution in [-0.4, -0.2) is 53.6 Å². The van der Waals surface area contributed by atoms with Crippen LogP contribution in [0.25, 0.3) is 0 Å². The maximum atomic E-state index is 13.3. The summed E-state index contributed by atoms with van der Waals surface area (Å²) in [7, 11) is 1.37. The molecule has 34 heavy (non-hydrogen) atoms. The zero-order valence-electron chi connectivity index (χ0n) is 21.8. The van der Waals surface area contributed by atoms with E-state index < -0.39 is 23.6 Å². The number of nitrogens with one attached hydrogen (secondary N) is 1. The first-order valence-corrected chi connectivity index (χ1v) is 12.4. The topological polar surface area (TPSA) is 84.9 Å². The van der Waals surface area contributed by atoms with E-state index in [0.29, 0.717) is 12.5 Å². The first-order chi connectivity index (χ1) is 16.0. The molecule has 1 aliphatic heterocycles. The lowest BCUT2D eigenvalue weighted by Crippen LogP contribution is -2.55. The zero-order valence-corrected chi connectivity index (χ0v) is 21.8. The fourth-order valence-corrected chi connectivity index (χ4v) is 4.99. The van der Waals surface area contributed by atoms with Crippen LogP contribution in [0.3, 0.4) is 0 Å². The third kappa shape index (κ3) is 7.55. The molecule has 7 nitrogen and oxygen atoms in total. The van der Waals surface area contributed by atoms with Crippen LogP contribution in [0.2, 0.25) is 0 Å². The zero-order chi connectivity index (χ0) is 25.5. The van der Waals surface area contributed by atoms with Crippen LogP contribution in [0.1, 0.15) is 72.8 Å². The van der Waals surface area contributed by atoms with Gasteiger partial charge in [-0.3, -0.25) is 19.3 Å². The molecule has 1 saturated heterocycles. The van der Waals surface area contributed by atoms with E-state index in [9.17, 15) is 14.4 Å². The van der Waals surface area contributed by atoms with E-state index in [4.69, 9.17) is 9.47 Å². The molecule has 0 aromatic heterocycles. The van der Waals surface area contributed by atoms with E-state index in [0.717, 1.165) is 24.8 Å². The molecule has 1 amide bonds. The fraction of sp³-hybridized carbons (Fsp3) is 0.667. The number of rotatable bonds is 10. The maximum absolute atomic E-state index is 13.3. The molecule has 1 heterocycles. The Bertz CT molecular complexity index is 816. The molecule has 1 aromatic rings. The number of methoxy groups -OCH3 is 1. The van der Waals surface area contributed by atoms with Gasteiger partial charge in [0.25, 0.3) is 0 Å². The number of likely N-dealkylation sites (tertiary alicyclic amines) is 1. The van der Waals surface area contributed by atoms with Crippen LogP contribution in [0.15, 0.2) is 30.3 Å². The molecule has 0 unspecified atom stereocenters. The SMILES string of the molecule is CCC(CC)C[C@H](NC(C)=O)[C@H]1[C@H](C(=O)OC)C[C@H](C(=O)OC(C)(C)C)N1Cc1ccccc1. The molecule has 1 fully saturated rings. The molecule has 0 aliphatic carbocycles. The number of hydrogen-bond acceptors (Lipinski definition) is 6. The largest absolute Gasteiger partial charge is 0.469 e. The van der Waals surface area contributed by atoms with Gasteiger partial charge in [0, 0.05) is 25.6 Å². The molecule has 2 rings (SSSR count). The van der Waals surface area contributed by atoms with Crippen LogP contribution in [0, 0.1) is 11.8 Å². The summed E-state index contributed by atoms with van der Waals surface area (Å²) >= 11 is 0. The molecule has 4 atom stereocenters. The van der Waals surface area contributed by atoms with Crippen molar-refractivity contribution in [2.24, 2.45) is 11.8 Å². The van der Waals surface area contributed by atoms with Gasteiger partial charge in [-0.2, -0.15) is 0 Å². The number of carbonyl (C=O) groups is 3. The third-order valence-corrected chi connectivity index (χ3v) is 6.61. The average Bonchev–Trinajstić information content (AvgIpc) is 3.14. The minimum absolute atomic E-state index is 0.153. The minimum atomic E-state index is -0.652. The summed E-state index contributed by atoms with van der Waals surface area (Å²) in [5.74, 6) is -1.05. The molecule has 1 aliphatic rings. The van der Waals surface area contributed by atoms with Crippen molar-refractivity contribution in [3.63, 3.8) is 0 Å². The summed E-state index contributed by atoms with van der Waals surface area (Å²) in [6, 6.07) is 8.54. The van der Waals surface area contributed by atoms with Crippen LogP contribution in [0.4, 0.5) is 0 Å². The van der Waals surface area contributed by atoms with Gasteiger partial charge < -0.3 is 14.8 Å². The van der Waals surface area contributed by atoms with E-state index in [1.807, 2.05) is 56.0 Å². The van der Waals surface area contributed by atoms with Gasteiger partial charge in [0.2, 0.25) is 5.91 Å².